The van der Waals surface area contributed by atoms with E-state index >= 15 is 0 Å². The summed E-state index contributed by atoms with van der Waals surface area (Å²) in [5.74, 6) is 1.37. The van der Waals surface area contributed by atoms with Gasteiger partial charge in [-0.05, 0) is 38.1 Å². The minimum Gasteiger partial charge on any atom is -0.497 e. The van der Waals surface area contributed by atoms with Crippen LogP contribution in [0.5, 0.6) is 17.2 Å². The second-order valence-electron chi connectivity index (χ2n) is 8.06. The standard InChI is InChI=1S/C22H28N2O6S/c1-22(2)13-19(18-10-9-17(29-4)12-20(18)30-22)23-21(25)14-24(31(5,26)27)15-7-6-8-16(11-15)28-3/h6-12,19H,13-14H2,1-5H3,(H,23,25)/t19-/m0/s1. The first-order valence-electron chi connectivity index (χ1n) is 9.80. The summed E-state index contributed by atoms with van der Waals surface area (Å²) in [6.07, 6.45) is 1.61. The Kier molecular flexibility index (Phi) is 6.35. The van der Waals surface area contributed by atoms with E-state index in [9.17, 15) is 13.2 Å². The lowest BCUT2D eigenvalue weighted by Crippen LogP contribution is -2.45. The molecule has 31 heavy (non-hydrogen) atoms. The SMILES string of the molecule is COc1cccc(N(CC(=O)N[C@H]2CC(C)(C)Oc3cc(OC)ccc32)S(C)(=O)=O)c1. The number of fused-ring (bicyclic) bond motifs is 1. The topological polar surface area (TPSA) is 94.2 Å². The second kappa shape index (κ2) is 8.66. The maximum absolute atomic E-state index is 12.9. The van der Waals surface area contributed by atoms with Gasteiger partial charge in [0.1, 0.15) is 29.4 Å². The van der Waals surface area contributed by atoms with Gasteiger partial charge in [-0.25, -0.2) is 8.42 Å². The van der Waals surface area contributed by atoms with Gasteiger partial charge >= 0.3 is 0 Å². The third kappa shape index (κ3) is 5.41. The van der Waals surface area contributed by atoms with Gasteiger partial charge in [-0.3, -0.25) is 9.10 Å². The van der Waals surface area contributed by atoms with Crippen molar-refractivity contribution in [2.24, 2.45) is 0 Å². The van der Waals surface area contributed by atoms with Crippen LogP contribution in [-0.4, -0.2) is 46.9 Å². The molecule has 2 aromatic carbocycles. The molecule has 0 aliphatic carbocycles. The Morgan fingerprint density at radius 2 is 1.84 bits per heavy atom. The van der Waals surface area contributed by atoms with Crippen molar-refractivity contribution in [1.82, 2.24) is 5.32 Å². The summed E-state index contributed by atoms with van der Waals surface area (Å²) >= 11 is 0. The van der Waals surface area contributed by atoms with Gasteiger partial charge in [-0.15, -0.1) is 0 Å². The number of amides is 1. The molecule has 0 radical (unpaired) electrons. The van der Waals surface area contributed by atoms with Crippen molar-refractivity contribution >= 4 is 21.6 Å². The molecule has 0 saturated carbocycles. The normalized spacial score (nSPS) is 17.1. The summed E-state index contributed by atoms with van der Waals surface area (Å²) in [4.78, 5) is 12.9. The zero-order valence-corrected chi connectivity index (χ0v) is 19.2. The Balaban J connectivity index is 1.84. The number of sulfonamides is 1. The van der Waals surface area contributed by atoms with Gasteiger partial charge in [0.2, 0.25) is 15.9 Å². The summed E-state index contributed by atoms with van der Waals surface area (Å²) in [5, 5.41) is 2.97. The highest BCUT2D eigenvalue weighted by Gasteiger charge is 2.35. The van der Waals surface area contributed by atoms with Crippen molar-refractivity contribution in [3.05, 3.63) is 48.0 Å². The molecule has 168 valence electrons. The fraction of sp³-hybridized carbons (Fsp3) is 0.409. The smallest absolute Gasteiger partial charge is 0.241 e. The summed E-state index contributed by atoms with van der Waals surface area (Å²) in [7, 11) is -0.623. The molecule has 0 unspecified atom stereocenters. The largest absolute Gasteiger partial charge is 0.497 e. The average Bonchev–Trinajstić information content (AvgIpc) is 2.69. The number of rotatable bonds is 7. The predicted molar refractivity (Wildman–Crippen MR) is 118 cm³/mol. The third-order valence-corrected chi connectivity index (χ3v) is 6.18. The molecule has 2 aromatic rings. The molecule has 1 heterocycles. The zero-order valence-electron chi connectivity index (χ0n) is 18.3. The van der Waals surface area contributed by atoms with Gasteiger partial charge in [0, 0.05) is 24.1 Å². The minimum absolute atomic E-state index is 0.330. The van der Waals surface area contributed by atoms with E-state index in [1.165, 1.54) is 7.11 Å². The molecule has 0 saturated heterocycles. The summed E-state index contributed by atoms with van der Waals surface area (Å²) in [6, 6.07) is 11.7. The highest BCUT2D eigenvalue weighted by atomic mass is 32.2. The Labute approximate surface area is 183 Å². The van der Waals surface area contributed by atoms with Crippen LogP contribution >= 0.6 is 0 Å². The predicted octanol–water partition coefficient (Wildman–Crippen LogP) is 2.89. The van der Waals surface area contributed by atoms with Crippen LogP contribution < -0.4 is 23.8 Å². The number of hydrogen-bond acceptors (Lipinski definition) is 6. The van der Waals surface area contributed by atoms with Gasteiger partial charge in [0.15, 0.2) is 0 Å². The molecule has 1 amide bonds. The highest BCUT2D eigenvalue weighted by molar-refractivity contribution is 7.92. The Morgan fingerprint density at radius 3 is 2.48 bits per heavy atom. The van der Waals surface area contributed by atoms with Gasteiger partial charge in [-0.2, -0.15) is 0 Å². The van der Waals surface area contributed by atoms with Crippen LogP contribution in [0, 0.1) is 0 Å². The van der Waals surface area contributed by atoms with E-state index in [1.54, 1.807) is 43.5 Å². The van der Waals surface area contributed by atoms with E-state index in [1.807, 2.05) is 19.9 Å². The van der Waals surface area contributed by atoms with Crippen molar-refractivity contribution < 1.29 is 27.4 Å². The van der Waals surface area contributed by atoms with Crippen LogP contribution in [0.3, 0.4) is 0 Å². The summed E-state index contributed by atoms with van der Waals surface area (Å²) < 4.78 is 42.4. The average molecular weight is 449 g/mol. The monoisotopic (exact) mass is 448 g/mol. The minimum atomic E-state index is -3.70. The number of nitrogens with one attached hydrogen (secondary N) is 1. The first-order chi connectivity index (χ1) is 14.5. The molecule has 0 spiro atoms. The van der Waals surface area contributed by atoms with Crippen molar-refractivity contribution in [1.29, 1.82) is 0 Å². The van der Waals surface area contributed by atoms with Crippen molar-refractivity contribution in [3.8, 4) is 17.2 Å². The maximum atomic E-state index is 12.9. The van der Waals surface area contributed by atoms with Crippen LogP contribution in [0.15, 0.2) is 42.5 Å². The van der Waals surface area contributed by atoms with Gasteiger partial charge in [0.05, 0.1) is 32.2 Å². The molecule has 8 nitrogen and oxygen atoms in total. The molecule has 0 bridgehead atoms. The molecule has 1 aliphatic rings. The first kappa shape index (κ1) is 22.7. The molecule has 1 atom stereocenters. The lowest BCUT2D eigenvalue weighted by Gasteiger charge is -2.38. The molecule has 0 fully saturated rings. The lowest BCUT2D eigenvalue weighted by molar-refractivity contribution is -0.120. The highest BCUT2D eigenvalue weighted by Crippen LogP contribution is 2.41. The second-order valence-corrected chi connectivity index (χ2v) is 9.97. The number of methoxy groups -OCH3 is 2. The van der Waals surface area contributed by atoms with E-state index in [2.05, 4.69) is 5.32 Å². The number of benzene rings is 2. The number of nitrogens with zero attached hydrogens (tertiary/aromatic N) is 1. The summed E-state index contributed by atoms with van der Waals surface area (Å²) in [6.45, 7) is 3.52. The van der Waals surface area contributed by atoms with Crippen LogP contribution in [-0.2, 0) is 14.8 Å². The first-order valence-corrected chi connectivity index (χ1v) is 11.7. The number of ether oxygens (including phenoxy) is 3. The lowest BCUT2D eigenvalue weighted by atomic mass is 9.89. The number of carbonyl (C=O) groups is 1. The van der Waals surface area contributed by atoms with Crippen LogP contribution in [0.25, 0.3) is 0 Å². The van der Waals surface area contributed by atoms with Gasteiger partial charge in [0.25, 0.3) is 0 Å². The Morgan fingerprint density at radius 1 is 1.16 bits per heavy atom. The molecule has 1 aliphatic heterocycles. The fourth-order valence-electron chi connectivity index (χ4n) is 3.62. The number of anilines is 1. The molecular weight excluding hydrogens is 420 g/mol. The molecule has 1 N–H and O–H groups in total. The van der Waals surface area contributed by atoms with Crippen molar-refractivity contribution in [2.45, 2.75) is 31.9 Å². The molecule has 0 aromatic heterocycles. The van der Waals surface area contributed by atoms with E-state index < -0.39 is 21.5 Å². The van der Waals surface area contributed by atoms with E-state index in [4.69, 9.17) is 14.2 Å². The third-order valence-electron chi connectivity index (χ3n) is 5.04. The molecule has 3 rings (SSSR count). The Bertz CT molecular complexity index is 1070. The number of hydrogen-bond donors (Lipinski definition) is 1. The van der Waals surface area contributed by atoms with Crippen LogP contribution in [0.2, 0.25) is 0 Å². The van der Waals surface area contributed by atoms with Crippen molar-refractivity contribution in [2.75, 3.05) is 31.3 Å². The Hall–Kier alpha value is -2.94. The zero-order chi connectivity index (χ0) is 22.8. The summed E-state index contributed by atoms with van der Waals surface area (Å²) in [5.41, 5.74) is 0.663. The van der Waals surface area contributed by atoms with E-state index in [-0.39, 0.29) is 12.6 Å². The van der Waals surface area contributed by atoms with Crippen LogP contribution in [0.1, 0.15) is 31.9 Å². The molecular formula is C22H28N2O6S. The van der Waals surface area contributed by atoms with Gasteiger partial charge < -0.3 is 19.5 Å². The van der Waals surface area contributed by atoms with Crippen molar-refractivity contribution in [3.63, 3.8) is 0 Å². The van der Waals surface area contributed by atoms with E-state index in [0.29, 0.717) is 29.4 Å². The van der Waals surface area contributed by atoms with E-state index in [0.717, 1.165) is 16.1 Å². The van der Waals surface area contributed by atoms with Crippen LogP contribution in [0.4, 0.5) is 5.69 Å². The quantitative estimate of drug-likeness (QED) is 0.700. The maximum Gasteiger partial charge on any atom is 0.241 e. The number of carbonyl (C=O) groups excluding carboxylic acids is 1. The fourth-order valence-corrected chi connectivity index (χ4v) is 4.47. The van der Waals surface area contributed by atoms with Gasteiger partial charge in [-0.1, -0.05) is 6.07 Å². The molecule has 9 heteroatoms.